The fraction of sp³-hybridized carbons (Fsp3) is 0.500. The topological polar surface area (TPSA) is 87.1 Å². The zero-order valence-corrected chi connectivity index (χ0v) is 13.8. The first kappa shape index (κ1) is 15.4. The van der Waals surface area contributed by atoms with E-state index in [4.69, 9.17) is 0 Å². The number of hydrogen-bond donors (Lipinski definition) is 3. The third kappa shape index (κ3) is 3.63. The smallest absolute Gasteiger partial charge is 0.321 e. The minimum atomic E-state index is -0.271. The van der Waals surface area contributed by atoms with E-state index in [1.54, 1.807) is 11.3 Å². The number of aryl methyl sites for hydroxylation is 1. The third-order valence-electron chi connectivity index (χ3n) is 3.78. The van der Waals surface area contributed by atoms with Gasteiger partial charge >= 0.3 is 6.03 Å². The molecule has 3 N–H and O–H groups in total. The molecular formula is C14H18N4O2S2. The number of aliphatic hydroxyl groups excluding tert-OH is 1. The number of carbonyl (C=O) groups is 1. The van der Waals surface area contributed by atoms with E-state index in [2.05, 4.69) is 20.0 Å². The molecule has 0 aliphatic heterocycles. The summed E-state index contributed by atoms with van der Waals surface area (Å²) in [6, 6.07) is 1.75. The van der Waals surface area contributed by atoms with Crippen LogP contribution in [-0.4, -0.2) is 33.1 Å². The molecule has 22 heavy (non-hydrogen) atoms. The molecule has 0 saturated heterocycles. The molecule has 1 fully saturated rings. The maximum atomic E-state index is 11.9. The van der Waals surface area contributed by atoms with Gasteiger partial charge in [0.15, 0.2) is 5.82 Å². The number of amides is 2. The van der Waals surface area contributed by atoms with E-state index in [0.717, 1.165) is 29.7 Å². The van der Waals surface area contributed by atoms with Crippen molar-refractivity contribution in [2.45, 2.75) is 32.3 Å². The number of aliphatic hydroxyl groups is 1. The molecule has 0 bridgehead atoms. The Hall–Kier alpha value is -1.51. The number of anilines is 1. The van der Waals surface area contributed by atoms with E-state index < -0.39 is 0 Å². The van der Waals surface area contributed by atoms with Crippen LogP contribution in [0.5, 0.6) is 0 Å². The lowest BCUT2D eigenvalue weighted by atomic mass is 10.1. The molecule has 1 aliphatic carbocycles. The number of hydrogen-bond acceptors (Lipinski definition) is 6. The summed E-state index contributed by atoms with van der Waals surface area (Å²) >= 11 is 2.77. The SMILES string of the molecule is Cc1ccsc1-c1nsc(NC(=O)NC[C@@H]2CC[C@@H](O)C2)n1. The highest BCUT2D eigenvalue weighted by Crippen LogP contribution is 2.29. The van der Waals surface area contributed by atoms with Crippen molar-refractivity contribution in [2.75, 3.05) is 11.9 Å². The van der Waals surface area contributed by atoms with Gasteiger partial charge in [-0.15, -0.1) is 11.3 Å². The van der Waals surface area contributed by atoms with E-state index in [1.807, 2.05) is 18.4 Å². The summed E-state index contributed by atoms with van der Waals surface area (Å²) in [5.74, 6) is 1.02. The average molecular weight is 338 g/mol. The van der Waals surface area contributed by atoms with Gasteiger partial charge in [-0.05, 0) is 49.1 Å². The first-order valence-corrected chi connectivity index (χ1v) is 8.88. The molecule has 2 heterocycles. The van der Waals surface area contributed by atoms with Gasteiger partial charge in [0, 0.05) is 18.1 Å². The number of carbonyl (C=O) groups excluding carboxylic acids is 1. The minimum absolute atomic E-state index is 0.213. The maximum absolute atomic E-state index is 11.9. The van der Waals surface area contributed by atoms with Gasteiger partial charge in [0.2, 0.25) is 5.13 Å². The molecule has 1 saturated carbocycles. The Morgan fingerprint density at radius 2 is 2.36 bits per heavy atom. The number of urea groups is 1. The van der Waals surface area contributed by atoms with Crippen LogP contribution in [0.25, 0.3) is 10.7 Å². The molecule has 8 heteroatoms. The van der Waals surface area contributed by atoms with Gasteiger partial charge in [-0.2, -0.15) is 9.36 Å². The maximum Gasteiger partial charge on any atom is 0.321 e. The normalized spacial score (nSPS) is 21.0. The van der Waals surface area contributed by atoms with Gasteiger partial charge in [-0.1, -0.05) is 0 Å². The number of aromatic nitrogens is 2. The molecule has 3 rings (SSSR count). The molecule has 2 atom stereocenters. The molecule has 2 aromatic heterocycles. The quantitative estimate of drug-likeness (QED) is 0.800. The lowest BCUT2D eigenvalue weighted by Gasteiger charge is -2.10. The fourth-order valence-electron chi connectivity index (χ4n) is 2.58. The Bertz CT molecular complexity index is 655. The van der Waals surface area contributed by atoms with Crippen molar-refractivity contribution < 1.29 is 9.90 Å². The Balaban J connectivity index is 1.52. The fourth-order valence-corrected chi connectivity index (χ4v) is 4.07. The van der Waals surface area contributed by atoms with Crippen molar-refractivity contribution in [1.29, 1.82) is 0 Å². The van der Waals surface area contributed by atoms with Gasteiger partial charge in [-0.25, -0.2) is 4.79 Å². The van der Waals surface area contributed by atoms with E-state index in [1.165, 1.54) is 11.5 Å². The molecule has 0 aromatic carbocycles. The highest BCUT2D eigenvalue weighted by atomic mass is 32.1. The van der Waals surface area contributed by atoms with Gasteiger partial charge in [0.05, 0.1) is 11.0 Å². The highest BCUT2D eigenvalue weighted by molar-refractivity contribution is 7.14. The van der Waals surface area contributed by atoms with E-state index in [-0.39, 0.29) is 12.1 Å². The Morgan fingerprint density at radius 1 is 1.50 bits per heavy atom. The standard InChI is InChI=1S/C14H18N4O2S2/c1-8-4-5-21-11(8)12-16-14(22-18-12)17-13(20)15-7-9-2-3-10(19)6-9/h4-5,9-10,19H,2-3,6-7H2,1H3,(H2,15,16,17,18,20)/t9-,10-/m1/s1. The number of rotatable bonds is 4. The first-order chi connectivity index (χ1) is 10.6. The second kappa shape index (κ2) is 6.72. The Labute approximate surface area is 136 Å². The predicted octanol–water partition coefficient (Wildman–Crippen LogP) is 2.86. The van der Waals surface area contributed by atoms with Crippen LogP contribution in [0.4, 0.5) is 9.93 Å². The summed E-state index contributed by atoms with van der Waals surface area (Å²) < 4.78 is 4.29. The van der Waals surface area contributed by atoms with Crippen LogP contribution in [0.1, 0.15) is 24.8 Å². The van der Waals surface area contributed by atoms with Gasteiger partial charge < -0.3 is 10.4 Å². The molecule has 0 radical (unpaired) electrons. The van der Waals surface area contributed by atoms with Crippen molar-refractivity contribution in [2.24, 2.45) is 5.92 Å². The monoisotopic (exact) mass is 338 g/mol. The van der Waals surface area contributed by atoms with Crippen molar-refractivity contribution in [1.82, 2.24) is 14.7 Å². The summed E-state index contributed by atoms with van der Waals surface area (Å²) in [6.45, 7) is 2.60. The molecule has 6 nitrogen and oxygen atoms in total. The molecule has 1 aliphatic rings. The number of nitrogens with one attached hydrogen (secondary N) is 2. The van der Waals surface area contributed by atoms with E-state index in [9.17, 15) is 9.90 Å². The second-order valence-electron chi connectivity index (χ2n) is 5.52. The van der Waals surface area contributed by atoms with Crippen molar-refractivity contribution in [3.05, 3.63) is 17.0 Å². The first-order valence-electron chi connectivity index (χ1n) is 7.23. The lowest BCUT2D eigenvalue weighted by Crippen LogP contribution is -2.32. The average Bonchev–Trinajstić information content (AvgIpc) is 3.18. The van der Waals surface area contributed by atoms with Crippen LogP contribution in [-0.2, 0) is 0 Å². The molecule has 2 amide bonds. The largest absolute Gasteiger partial charge is 0.393 e. The van der Waals surface area contributed by atoms with Gasteiger partial charge in [0.25, 0.3) is 0 Å². The molecule has 2 aromatic rings. The minimum Gasteiger partial charge on any atom is -0.393 e. The van der Waals surface area contributed by atoms with Gasteiger partial charge in [0.1, 0.15) is 0 Å². The van der Waals surface area contributed by atoms with Crippen molar-refractivity contribution in [3.8, 4) is 10.7 Å². The van der Waals surface area contributed by atoms with Crippen LogP contribution in [0.15, 0.2) is 11.4 Å². The van der Waals surface area contributed by atoms with Crippen LogP contribution >= 0.6 is 22.9 Å². The van der Waals surface area contributed by atoms with Crippen LogP contribution < -0.4 is 10.6 Å². The molecule has 0 spiro atoms. The van der Waals surface area contributed by atoms with Crippen molar-refractivity contribution in [3.63, 3.8) is 0 Å². The summed E-state index contributed by atoms with van der Waals surface area (Å²) in [5, 5.41) is 17.5. The summed E-state index contributed by atoms with van der Waals surface area (Å²) in [4.78, 5) is 17.3. The zero-order valence-electron chi connectivity index (χ0n) is 12.2. The predicted molar refractivity (Wildman–Crippen MR) is 88.3 cm³/mol. The zero-order chi connectivity index (χ0) is 15.5. The highest BCUT2D eigenvalue weighted by Gasteiger charge is 2.23. The van der Waals surface area contributed by atoms with E-state index >= 15 is 0 Å². The summed E-state index contributed by atoms with van der Waals surface area (Å²) in [5.41, 5.74) is 1.14. The van der Waals surface area contributed by atoms with Crippen LogP contribution in [0.2, 0.25) is 0 Å². The molecule has 0 unspecified atom stereocenters. The number of nitrogens with zero attached hydrogens (tertiary/aromatic N) is 2. The summed E-state index contributed by atoms with van der Waals surface area (Å²) in [6.07, 6.45) is 2.34. The second-order valence-corrected chi connectivity index (χ2v) is 7.19. The van der Waals surface area contributed by atoms with Crippen LogP contribution in [0.3, 0.4) is 0 Å². The lowest BCUT2D eigenvalue weighted by molar-refractivity contribution is 0.177. The summed E-state index contributed by atoms with van der Waals surface area (Å²) in [7, 11) is 0. The molecular weight excluding hydrogens is 320 g/mol. The van der Waals surface area contributed by atoms with Gasteiger partial charge in [-0.3, -0.25) is 5.32 Å². The number of thiophene rings is 1. The van der Waals surface area contributed by atoms with E-state index in [0.29, 0.717) is 23.4 Å². The van der Waals surface area contributed by atoms with Crippen molar-refractivity contribution >= 4 is 34.0 Å². The Morgan fingerprint density at radius 3 is 3.05 bits per heavy atom. The van der Waals surface area contributed by atoms with Crippen LogP contribution in [0, 0.1) is 12.8 Å². The Kier molecular flexibility index (Phi) is 4.70. The third-order valence-corrected chi connectivity index (χ3v) is 5.42. The molecule has 118 valence electrons.